The van der Waals surface area contributed by atoms with Crippen LogP contribution in [-0.2, 0) is 0 Å². The fourth-order valence-corrected chi connectivity index (χ4v) is 3.05. The smallest absolute Gasteiger partial charge is 0.193 e. The molecule has 0 aromatic heterocycles. The van der Waals surface area contributed by atoms with Crippen molar-refractivity contribution < 1.29 is 4.74 Å². The van der Waals surface area contributed by atoms with Crippen molar-refractivity contribution in [1.29, 1.82) is 0 Å². The van der Waals surface area contributed by atoms with E-state index in [1.54, 1.807) is 0 Å². The molecule has 3 N–H and O–H groups in total. The molecule has 1 aliphatic heterocycles. The van der Waals surface area contributed by atoms with Crippen molar-refractivity contribution in [2.24, 2.45) is 10.7 Å². The lowest BCUT2D eigenvalue weighted by Crippen LogP contribution is -2.24. The molecule has 0 spiro atoms. The first-order valence-corrected chi connectivity index (χ1v) is 7.99. The second-order valence-corrected chi connectivity index (χ2v) is 6.10. The van der Waals surface area contributed by atoms with Crippen LogP contribution in [-0.4, -0.2) is 19.1 Å². The fourth-order valence-electron chi connectivity index (χ4n) is 3.05. The summed E-state index contributed by atoms with van der Waals surface area (Å²) in [6.45, 7) is 5.56. The van der Waals surface area contributed by atoms with Gasteiger partial charge >= 0.3 is 0 Å². The number of benzene rings is 2. The number of hydrogen-bond acceptors (Lipinski definition) is 2. The standard InChI is InChI=1S/C19H23N3O/c1-13-9-14(2)11-16(10-13)22-19(20)21-12-15-7-8-23-18-6-4-3-5-17(15)18/h3-6,9-11,15H,7-8,12H2,1-2H3,(H3,20,21,22). The molecule has 120 valence electrons. The van der Waals surface area contributed by atoms with Gasteiger partial charge in [0.15, 0.2) is 5.96 Å². The molecule has 2 aromatic carbocycles. The first-order valence-electron chi connectivity index (χ1n) is 7.99. The van der Waals surface area contributed by atoms with Crippen LogP contribution in [0.15, 0.2) is 47.5 Å². The predicted octanol–water partition coefficient (Wildman–Crippen LogP) is 3.60. The Morgan fingerprint density at radius 2 is 1.96 bits per heavy atom. The normalized spacial score (nSPS) is 17.3. The Balaban J connectivity index is 1.68. The maximum Gasteiger partial charge on any atom is 0.193 e. The second kappa shape index (κ2) is 6.73. The monoisotopic (exact) mass is 309 g/mol. The molecule has 2 aromatic rings. The Bertz CT molecular complexity index is 704. The molecular weight excluding hydrogens is 286 g/mol. The van der Waals surface area contributed by atoms with Gasteiger partial charge in [0.2, 0.25) is 0 Å². The van der Waals surface area contributed by atoms with Crippen LogP contribution in [0.5, 0.6) is 5.75 Å². The summed E-state index contributed by atoms with van der Waals surface area (Å²) < 4.78 is 5.69. The van der Waals surface area contributed by atoms with Crippen molar-refractivity contribution >= 4 is 11.6 Å². The first-order chi connectivity index (χ1) is 11.1. The molecule has 0 saturated carbocycles. The molecular formula is C19H23N3O. The van der Waals surface area contributed by atoms with Crippen LogP contribution < -0.4 is 15.8 Å². The number of nitrogens with two attached hydrogens (primary N) is 1. The van der Waals surface area contributed by atoms with E-state index in [4.69, 9.17) is 10.5 Å². The van der Waals surface area contributed by atoms with E-state index in [0.29, 0.717) is 18.4 Å². The number of nitrogens with one attached hydrogen (secondary N) is 1. The van der Waals surface area contributed by atoms with Gasteiger partial charge in [0.25, 0.3) is 0 Å². The third-order valence-corrected chi connectivity index (χ3v) is 4.06. The SMILES string of the molecule is Cc1cc(C)cc(NC(N)=NCC2CCOc3ccccc32)c1. The number of aryl methyl sites for hydroxylation is 2. The van der Waals surface area contributed by atoms with Crippen LogP contribution in [0.2, 0.25) is 0 Å². The Morgan fingerprint density at radius 1 is 1.22 bits per heavy atom. The summed E-state index contributed by atoms with van der Waals surface area (Å²) in [6, 6.07) is 14.4. The van der Waals surface area contributed by atoms with E-state index >= 15 is 0 Å². The van der Waals surface area contributed by atoms with Gasteiger partial charge in [-0.2, -0.15) is 0 Å². The third kappa shape index (κ3) is 3.83. The van der Waals surface area contributed by atoms with E-state index in [-0.39, 0.29) is 0 Å². The molecule has 23 heavy (non-hydrogen) atoms. The van der Waals surface area contributed by atoms with Crippen LogP contribution in [0.25, 0.3) is 0 Å². The zero-order valence-corrected chi connectivity index (χ0v) is 13.7. The highest BCUT2D eigenvalue weighted by Gasteiger charge is 2.20. The fraction of sp³-hybridized carbons (Fsp3) is 0.316. The van der Waals surface area contributed by atoms with Crippen LogP contribution in [0.3, 0.4) is 0 Å². The van der Waals surface area contributed by atoms with E-state index in [1.807, 2.05) is 18.2 Å². The minimum Gasteiger partial charge on any atom is -0.493 e. The molecule has 1 unspecified atom stereocenters. The van der Waals surface area contributed by atoms with Gasteiger partial charge in [-0.15, -0.1) is 0 Å². The molecule has 4 heteroatoms. The number of fused-ring (bicyclic) bond motifs is 1. The number of anilines is 1. The summed E-state index contributed by atoms with van der Waals surface area (Å²) in [4.78, 5) is 4.53. The van der Waals surface area contributed by atoms with Crippen molar-refractivity contribution in [1.82, 2.24) is 0 Å². The number of guanidine groups is 1. The molecule has 0 saturated heterocycles. The van der Waals surface area contributed by atoms with Crippen LogP contribution >= 0.6 is 0 Å². The maximum absolute atomic E-state index is 6.05. The second-order valence-electron chi connectivity index (χ2n) is 6.10. The Hall–Kier alpha value is -2.49. The quantitative estimate of drug-likeness (QED) is 0.673. The zero-order chi connectivity index (χ0) is 16.2. The van der Waals surface area contributed by atoms with Gasteiger partial charge in [0.1, 0.15) is 5.75 Å². The number of hydrogen-bond donors (Lipinski definition) is 2. The van der Waals surface area contributed by atoms with Gasteiger partial charge in [-0.3, -0.25) is 4.99 Å². The minimum atomic E-state index is 0.361. The molecule has 0 fully saturated rings. The molecule has 0 amide bonds. The van der Waals surface area contributed by atoms with E-state index < -0.39 is 0 Å². The maximum atomic E-state index is 6.05. The van der Waals surface area contributed by atoms with Crippen LogP contribution in [0.1, 0.15) is 29.0 Å². The molecule has 1 atom stereocenters. The molecule has 0 radical (unpaired) electrons. The summed E-state index contributed by atoms with van der Waals surface area (Å²) in [5, 5.41) is 3.18. The highest BCUT2D eigenvalue weighted by molar-refractivity contribution is 5.92. The molecule has 1 aliphatic rings. The lowest BCUT2D eigenvalue weighted by atomic mass is 9.93. The third-order valence-electron chi connectivity index (χ3n) is 4.06. The van der Waals surface area contributed by atoms with Crippen molar-refractivity contribution in [2.75, 3.05) is 18.5 Å². The number of rotatable bonds is 3. The summed E-state index contributed by atoms with van der Waals surface area (Å²) in [5.74, 6) is 1.79. The average Bonchev–Trinajstić information content (AvgIpc) is 2.52. The van der Waals surface area contributed by atoms with Crippen molar-refractivity contribution in [2.45, 2.75) is 26.2 Å². The Kier molecular flexibility index (Phi) is 4.51. The summed E-state index contributed by atoms with van der Waals surface area (Å²) >= 11 is 0. The minimum absolute atomic E-state index is 0.361. The van der Waals surface area contributed by atoms with Gasteiger partial charge in [-0.1, -0.05) is 24.3 Å². The number of nitrogens with zero attached hydrogens (tertiary/aromatic N) is 1. The average molecular weight is 309 g/mol. The van der Waals surface area contributed by atoms with Crippen molar-refractivity contribution in [3.05, 3.63) is 59.2 Å². The lowest BCUT2D eigenvalue weighted by Gasteiger charge is -2.24. The summed E-state index contributed by atoms with van der Waals surface area (Å²) in [5.41, 5.74) is 10.7. The largest absolute Gasteiger partial charge is 0.493 e. The summed E-state index contributed by atoms with van der Waals surface area (Å²) in [7, 11) is 0. The van der Waals surface area contributed by atoms with E-state index in [9.17, 15) is 0 Å². The predicted molar refractivity (Wildman–Crippen MR) is 95.3 cm³/mol. The number of ether oxygens (including phenoxy) is 1. The Morgan fingerprint density at radius 3 is 2.74 bits per heavy atom. The van der Waals surface area contributed by atoms with Gasteiger partial charge in [-0.25, -0.2) is 0 Å². The topological polar surface area (TPSA) is 59.6 Å². The molecule has 3 rings (SSSR count). The summed E-state index contributed by atoms with van der Waals surface area (Å²) in [6.07, 6.45) is 0.970. The first kappa shape index (κ1) is 15.4. The molecule has 0 bridgehead atoms. The van der Waals surface area contributed by atoms with E-state index in [0.717, 1.165) is 24.5 Å². The van der Waals surface area contributed by atoms with E-state index in [2.05, 4.69) is 48.4 Å². The molecule has 1 heterocycles. The highest BCUT2D eigenvalue weighted by Crippen LogP contribution is 2.33. The van der Waals surface area contributed by atoms with Gasteiger partial charge < -0.3 is 15.8 Å². The van der Waals surface area contributed by atoms with E-state index in [1.165, 1.54) is 16.7 Å². The lowest BCUT2D eigenvalue weighted by molar-refractivity contribution is 0.269. The Labute approximate surface area is 137 Å². The van der Waals surface area contributed by atoms with Gasteiger partial charge in [0.05, 0.1) is 6.61 Å². The molecule has 4 nitrogen and oxygen atoms in total. The van der Waals surface area contributed by atoms with Crippen molar-refractivity contribution in [3.63, 3.8) is 0 Å². The van der Waals surface area contributed by atoms with Gasteiger partial charge in [-0.05, 0) is 55.2 Å². The number of aliphatic imine (C=N–C) groups is 1. The highest BCUT2D eigenvalue weighted by atomic mass is 16.5. The van der Waals surface area contributed by atoms with Gasteiger partial charge in [0, 0.05) is 18.2 Å². The zero-order valence-electron chi connectivity index (χ0n) is 13.7. The number of para-hydroxylation sites is 1. The van der Waals surface area contributed by atoms with Crippen molar-refractivity contribution in [3.8, 4) is 5.75 Å². The van der Waals surface area contributed by atoms with Crippen LogP contribution in [0, 0.1) is 13.8 Å². The van der Waals surface area contributed by atoms with Crippen LogP contribution in [0.4, 0.5) is 5.69 Å². The molecule has 0 aliphatic carbocycles.